The summed E-state index contributed by atoms with van der Waals surface area (Å²) in [6.45, 7) is 7.08. The number of anilines is 1. The van der Waals surface area contributed by atoms with Gasteiger partial charge in [0.15, 0.2) is 0 Å². The second-order valence-corrected chi connectivity index (χ2v) is 11.4. The standard InChI is InChI=1S/C25H34FN3O6S/c1-14(2)21(24(32)33)20(31)13-18(30)11-12-19-22(15(3)4)27-25(29(5)36(6,34)35)28-23(19)16-7-9-17(26)10-8-16/h7-12,14-15,18,20-21,30-31H,13H2,1-6H3,(H,32,33)/b12-11+/t18-,20-,21?/m1/s1. The molecule has 0 aliphatic carbocycles. The Bertz CT molecular complexity index is 1200. The molecule has 1 heterocycles. The molecule has 9 nitrogen and oxygen atoms in total. The maximum absolute atomic E-state index is 13.6. The summed E-state index contributed by atoms with van der Waals surface area (Å²) in [5, 5.41) is 30.3. The first kappa shape index (κ1) is 29.3. The van der Waals surface area contributed by atoms with Crippen LogP contribution in [0, 0.1) is 17.7 Å². The van der Waals surface area contributed by atoms with Crippen molar-refractivity contribution in [1.29, 1.82) is 0 Å². The van der Waals surface area contributed by atoms with E-state index >= 15 is 0 Å². The second-order valence-electron chi connectivity index (χ2n) is 9.40. The Morgan fingerprint density at radius 2 is 1.69 bits per heavy atom. The van der Waals surface area contributed by atoms with Gasteiger partial charge in [-0.15, -0.1) is 0 Å². The number of aliphatic hydroxyl groups excluding tert-OH is 2. The summed E-state index contributed by atoms with van der Waals surface area (Å²) in [6.07, 6.45) is 1.33. The number of aliphatic carboxylic acids is 1. The highest BCUT2D eigenvalue weighted by molar-refractivity contribution is 7.92. The smallest absolute Gasteiger partial charge is 0.309 e. The molecule has 1 aromatic heterocycles. The third-order valence-electron chi connectivity index (χ3n) is 5.79. The summed E-state index contributed by atoms with van der Waals surface area (Å²) in [7, 11) is -2.33. The van der Waals surface area contributed by atoms with Gasteiger partial charge in [0.1, 0.15) is 5.82 Å². The maximum Gasteiger partial charge on any atom is 0.309 e. The fraction of sp³-hybridized carbons (Fsp3) is 0.480. The number of hydrogen-bond donors (Lipinski definition) is 3. The predicted molar refractivity (Wildman–Crippen MR) is 136 cm³/mol. The number of benzene rings is 1. The zero-order valence-corrected chi connectivity index (χ0v) is 22.1. The zero-order valence-electron chi connectivity index (χ0n) is 21.3. The van der Waals surface area contributed by atoms with Crippen molar-refractivity contribution in [2.24, 2.45) is 11.8 Å². The molecule has 0 bridgehead atoms. The summed E-state index contributed by atoms with van der Waals surface area (Å²) in [4.78, 5) is 20.4. The Morgan fingerprint density at radius 3 is 2.17 bits per heavy atom. The number of carbonyl (C=O) groups is 1. The van der Waals surface area contributed by atoms with Crippen molar-refractivity contribution in [3.8, 4) is 11.3 Å². The maximum atomic E-state index is 13.6. The second kappa shape index (κ2) is 11.9. The van der Waals surface area contributed by atoms with E-state index in [1.54, 1.807) is 19.9 Å². The van der Waals surface area contributed by atoms with Crippen LogP contribution in [0.25, 0.3) is 17.3 Å². The lowest BCUT2D eigenvalue weighted by molar-refractivity contribution is -0.148. The minimum absolute atomic E-state index is 0.0603. The van der Waals surface area contributed by atoms with Gasteiger partial charge >= 0.3 is 5.97 Å². The number of aliphatic hydroxyl groups is 2. The number of carboxylic acids is 1. The van der Waals surface area contributed by atoms with Gasteiger partial charge in [-0.1, -0.05) is 39.8 Å². The van der Waals surface area contributed by atoms with Gasteiger partial charge in [0.2, 0.25) is 16.0 Å². The molecule has 11 heteroatoms. The molecule has 0 saturated carbocycles. The van der Waals surface area contributed by atoms with E-state index in [0.717, 1.165) is 10.6 Å². The van der Waals surface area contributed by atoms with Crippen LogP contribution < -0.4 is 4.31 Å². The van der Waals surface area contributed by atoms with Crippen LogP contribution in [0.1, 0.15) is 51.3 Å². The molecular formula is C25H34FN3O6S. The van der Waals surface area contributed by atoms with Crippen LogP contribution in [-0.2, 0) is 14.8 Å². The third-order valence-corrected chi connectivity index (χ3v) is 6.95. The molecule has 1 aromatic carbocycles. The summed E-state index contributed by atoms with van der Waals surface area (Å²) >= 11 is 0. The van der Waals surface area contributed by atoms with Crippen molar-refractivity contribution in [3.05, 3.63) is 47.4 Å². The highest BCUT2D eigenvalue weighted by atomic mass is 32.2. The molecule has 0 fully saturated rings. The number of sulfonamides is 1. The van der Waals surface area contributed by atoms with Gasteiger partial charge in [-0.2, -0.15) is 0 Å². The van der Waals surface area contributed by atoms with E-state index in [4.69, 9.17) is 0 Å². The normalized spacial score (nSPS) is 14.9. The Kier molecular flexibility index (Phi) is 9.70. The molecule has 0 spiro atoms. The quantitative estimate of drug-likeness (QED) is 0.408. The molecule has 3 atom stereocenters. The van der Waals surface area contributed by atoms with Crippen molar-refractivity contribution in [3.63, 3.8) is 0 Å². The molecule has 1 unspecified atom stereocenters. The number of carboxylic acid groups (broad SMARTS) is 1. The molecule has 0 radical (unpaired) electrons. The van der Waals surface area contributed by atoms with Crippen molar-refractivity contribution in [1.82, 2.24) is 9.97 Å². The molecule has 2 rings (SSSR count). The number of rotatable bonds is 11. The van der Waals surface area contributed by atoms with Gasteiger partial charge in [-0.3, -0.25) is 4.79 Å². The molecule has 0 amide bonds. The highest BCUT2D eigenvalue weighted by Gasteiger charge is 2.30. The van der Waals surface area contributed by atoms with E-state index in [1.807, 2.05) is 13.8 Å². The number of hydrogen-bond acceptors (Lipinski definition) is 7. The Hall–Kier alpha value is -2.89. The Morgan fingerprint density at radius 1 is 1.11 bits per heavy atom. The van der Waals surface area contributed by atoms with E-state index in [-0.39, 0.29) is 24.2 Å². The molecule has 0 aliphatic heterocycles. The highest BCUT2D eigenvalue weighted by Crippen LogP contribution is 2.32. The largest absolute Gasteiger partial charge is 0.481 e. The van der Waals surface area contributed by atoms with Crippen LogP contribution in [0.4, 0.5) is 10.3 Å². The fourth-order valence-corrected chi connectivity index (χ4v) is 4.15. The summed E-state index contributed by atoms with van der Waals surface area (Å²) in [5.41, 5.74) is 1.80. The molecule has 3 N–H and O–H groups in total. The molecule has 198 valence electrons. The van der Waals surface area contributed by atoms with E-state index in [9.17, 15) is 32.9 Å². The minimum atomic E-state index is -3.66. The lowest BCUT2D eigenvalue weighted by atomic mass is 9.87. The van der Waals surface area contributed by atoms with Gasteiger partial charge < -0.3 is 15.3 Å². The Balaban J connectivity index is 2.59. The van der Waals surface area contributed by atoms with Crippen molar-refractivity contribution < 1.29 is 32.9 Å². The number of halogens is 1. The van der Waals surface area contributed by atoms with Gasteiger partial charge in [0.25, 0.3) is 0 Å². The third kappa shape index (κ3) is 7.31. The van der Waals surface area contributed by atoms with Gasteiger partial charge in [-0.05, 0) is 36.1 Å². The molecular weight excluding hydrogens is 489 g/mol. The molecule has 2 aromatic rings. The fourth-order valence-electron chi connectivity index (χ4n) is 3.77. The first-order valence-electron chi connectivity index (χ1n) is 11.5. The number of aromatic nitrogens is 2. The van der Waals surface area contributed by atoms with E-state index in [2.05, 4.69) is 9.97 Å². The molecule has 36 heavy (non-hydrogen) atoms. The topological polar surface area (TPSA) is 141 Å². The first-order chi connectivity index (χ1) is 16.6. The SMILES string of the molecule is CC(C)c1nc(N(C)S(C)(=O)=O)nc(-c2ccc(F)cc2)c1/C=C/[C@@H](O)C[C@@H](O)C(C(=O)O)C(C)C. The van der Waals surface area contributed by atoms with Crippen molar-refractivity contribution >= 4 is 28.0 Å². The van der Waals surface area contributed by atoms with Gasteiger partial charge in [-0.25, -0.2) is 27.1 Å². The van der Waals surface area contributed by atoms with Crippen LogP contribution in [0.15, 0.2) is 30.3 Å². The predicted octanol–water partition coefficient (Wildman–Crippen LogP) is 3.28. The van der Waals surface area contributed by atoms with Crippen molar-refractivity contribution in [2.45, 2.75) is 52.2 Å². The van der Waals surface area contributed by atoms with E-state index in [1.165, 1.54) is 37.4 Å². The molecule has 0 saturated heterocycles. The minimum Gasteiger partial charge on any atom is -0.481 e. The van der Waals surface area contributed by atoms with E-state index in [0.29, 0.717) is 22.5 Å². The molecule has 0 aliphatic rings. The van der Waals surface area contributed by atoms with Crippen LogP contribution in [0.5, 0.6) is 0 Å². The summed E-state index contributed by atoms with van der Waals surface area (Å²) < 4.78 is 38.8. The lowest BCUT2D eigenvalue weighted by Gasteiger charge is -2.23. The van der Waals surface area contributed by atoms with Crippen LogP contribution in [-0.4, -0.2) is 65.2 Å². The summed E-state index contributed by atoms with van der Waals surface area (Å²) in [5.74, 6) is -3.21. The van der Waals surface area contributed by atoms with Crippen LogP contribution in [0.3, 0.4) is 0 Å². The zero-order chi connectivity index (χ0) is 27.4. The lowest BCUT2D eigenvalue weighted by Crippen LogP contribution is -2.34. The number of nitrogens with zero attached hydrogens (tertiary/aromatic N) is 3. The monoisotopic (exact) mass is 523 g/mol. The average Bonchev–Trinajstić information content (AvgIpc) is 2.75. The summed E-state index contributed by atoms with van der Waals surface area (Å²) in [6, 6.07) is 5.51. The van der Waals surface area contributed by atoms with Crippen LogP contribution in [0.2, 0.25) is 0 Å². The Labute approximate surface area is 211 Å². The van der Waals surface area contributed by atoms with Gasteiger partial charge in [0, 0.05) is 24.6 Å². The average molecular weight is 524 g/mol. The van der Waals surface area contributed by atoms with Gasteiger partial charge in [0.05, 0.1) is 35.8 Å². The van der Waals surface area contributed by atoms with Crippen molar-refractivity contribution in [2.75, 3.05) is 17.6 Å². The first-order valence-corrected chi connectivity index (χ1v) is 13.4. The van der Waals surface area contributed by atoms with E-state index < -0.39 is 39.9 Å². The van der Waals surface area contributed by atoms with Crippen LogP contribution >= 0.6 is 0 Å².